The van der Waals surface area contributed by atoms with E-state index in [1.54, 1.807) is 0 Å². The van der Waals surface area contributed by atoms with E-state index >= 15 is 0 Å². The molecule has 0 saturated heterocycles. The molecule has 0 bridgehead atoms. The number of carboxylic acids is 4. The number of aliphatic carboxylic acids is 4. The average Bonchev–Trinajstić information content (AvgIpc) is 2.84. The van der Waals surface area contributed by atoms with Crippen molar-refractivity contribution in [1.29, 1.82) is 0 Å². The van der Waals surface area contributed by atoms with Gasteiger partial charge in [-0.25, -0.2) is 0 Å². The maximum Gasteiger partial charge on any atom is 0.323 e. The predicted molar refractivity (Wildman–Crippen MR) is 137 cm³/mol. The molecular formula is C23H37N5O12. The van der Waals surface area contributed by atoms with E-state index < -0.39 is 80.1 Å². The number of aliphatic hydroxyl groups is 2. The Morgan fingerprint density at radius 3 is 1.73 bits per heavy atom. The molecule has 0 aliphatic heterocycles. The standard InChI is InChI=1S/C23H37N5O12/c24-4-6-39-12-16(26)14-2-1-3-15(22(14)28(10-20(33)34)11-21(35)36)23(37,38)17(13-40-7-5-25)27(8-18(29)30)9-19(31)32/h1-3,16-17,37-38H,4-13,24-26H2,(H,29,30)(H,31,32)(H,33,34)(H,35,36). The zero-order chi connectivity index (χ0) is 30.5. The molecular weight excluding hydrogens is 538 g/mol. The van der Waals surface area contributed by atoms with Gasteiger partial charge in [-0.2, -0.15) is 0 Å². The summed E-state index contributed by atoms with van der Waals surface area (Å²) in [5.41, 5.74) is 16.4. The fourth-order valence-corrected chi connectivity index (χ4v) is 3.99. The van der Waals surface area contributed by atoms with Crippen molar-refractivity contribution in [2.75, 3.05) is 70.6 Å². The average molecular weight is 576 g/mol. The molecule has 1 aromatic carbocycles. The van der Waals surface area contributed by atoms with Crippen LogP contribution >= 0.6 is 0 Å². The summed E-state index contributed by atoms with van der Waals surface area (Å²) in [5.74, 6) is -9.05. The van der Waals surface area contributed by atoms with E-state index in [1.165, 1.54) is 12.1 Å². The number of para-hydroxylation sites is 1. The van der Waals surface area contributed by atoms with Crippen molar-refractivity contribution in [3.63, 3.8) is 0 Å². The van der Waals surface area contributed by atoms with Crippen LogP contribution in [0.1, 0.15) is 17.2 Å². The van der Waals surface area contributed by atoms with E-state index in [2.05, 4.69) is 0 Å². The van der Waals surface area contributed by atoms with E-state index in [1.807, 2.05) is 0 Å². The lowest BCUT2D eigenvalue weighted by Gasteiger charge is -2.41. The van der Waals surface area contributed by atoms with Crippen molar-refractivity contribution < 1.29 is 59.3 Å². The van der Waals surface area contributed by atoms with Crippen molar-refractivity contribution in [3.05, 3.63) is 29.3 Å². The monoisotopic (exact) mass is 575 g/mol. The second-order valence-corrected chi connectivity index (χ2v) is 8.66. The molecule has 0 aliphatic carbocycles. The largest absolute Gasteiger partial charge is 0.480 e. The Morgan fingerprint density at radius 1 is 0.800 bits per heavy atom. The van der Waals surface area contributed by atoms with Gasteiger partial charge in [0.15, 0.2) is 0 Å². The number of ether oxygens (including phenoxy) is 2. The SMILES string of the molecule is NCCOCC(N)c1cccc(C(O)(O)C(COCCN)N(CC(=O)O)CC(=O)O)c1N(CC(=O)O)CC(=O)O. The number of benzene rings is 1. The minimum absolute atomic E-state index is 0.00215. The summed E-state index contributed by atoms with van der Waals surface area (Å²) in [6, 6.07) is 1.05. The number of anilines is 1. The van der Waals surface area contributed by atoms with Gasteiger partial charge >= 0.3 is 23.9 Å². The molecule has 2 unspecified atom stereocenters. The molecule has 0 aromatic heterocycles. The molecule has 17 heteroatoms. The van der Waals surface area contributed by atoms with Crippen LogP contribution in [-0.2, 0) is 34.4 Å². The lowest BCUT2D eigenvalue weighted by Crippen LogP contribution is -2.56. The van der Waals surface area contributed by atoms with Crippen LogP contribution in [0.25, 0.3) is 0 Å². The second-order valence-electron chi connectivity index (χ2n) is 8.66. The molecule has 12 N–H and O–H groups in total. The molecule has 0 amide bonds. The van der Waals surface area contributed by atoms with Gasteiger partial charge in [-0.3, -0.25) is 24.1 Å². The fraction of sp³-hybridized carbons (Fsp3) is 0.565. The van der Waals surface area contributed by atoms with Gasteiger partial charge < -0.3 is 62.2 Å². The highest BCUT2D eigenvalue weighted by Crippen LogP contribution is 2.38. The molecule has 1 rings (SSSR count). The Bertz CT molecular complexity index is 976. The number of carbonyl (C=O) groups is 4. The first-order chi connectivity index (χ1) is 18.8. The smallest absolute Gasteiger partial charge is 0.323 e. The first-order valence-electron chi connectivity index (χ1n) is 12.0. The summed E-state index contributed by atoms with van der Waals surface area (Å²) in [6.45, 7) is -4.37. The van der Waals surface area contributed by atoms with Gasteiger partial charge in [0.2, 0.25) is 5.79 Å². The third-order valence-electron chi connectivity index (χ3n) is 5.51. The zero-order valence-corrected chi connectivity index (χ0v) is 21.7. The van der Waals surface area contributed by atoms with Crippen LogP contribution in [0.2, 0.25) is 0 Å². The van der Waals surface area contributed by atoms with E-state index in [0.717, 1.165) is 15.9 Å². The summed E-state index contributed by atoms with van der Waals surface area (Å²) in [6.07, 6.45) is 0. The lowest BCUT2D eigenvalue weighted by atomic mass is 9.90. The normalized spacial score (nSPS) is 13.2. The Kier molecular flexibility index (Phi) is 14.4. The van der Waals surface area contributed by atoms with Crippen LogP contribution in [0.5, 0.6) is 0 Å². The highest BCUT2D eigenvalue weighted by atomic mass is 16.5. The lowest BCUT2D eigenvalue weighted by molar-refractivity contribution is -0.227. The Balaban J connectivity index is 3.91. The van der Waals surface area contributed by atoms with Crippen molar-refractivity contribution in [1.82, 2.24) is 4.90 Å². The van der Waals surface area contributed by atoms with Gasteiger partial charge in [-0.15, -0.1) is 0 Å². The number of rotatable bonds is 21. The maximum absolute atomic E-state index is 11.7. The first kappa shape index (κ1) is 34.6. The second kappa shape index (κ2) is 16.6. The summed E-state index contributed by atoms with van der Waals surface area (Å²) >= 11 is 0. The molecule has 0 heterocycles. The van der Waals surface area contributed by atoms with E-state index in [0.29, 0.717) is 0 Å². The summed E-state index contributed by atoms with van der Waals surface area (Å²) in [5, 5.41) is 60.9. The zero-order valence-electron chi connectivity index (χ0n) is 21.7. The fourth-order valence-electron chi connectivity index (χ4n) is 3.99. The van der Waals surface area contributed by atoms with Crippen LogP contribution in [0.15, 0.2) is 18.2 Å². The molecule has 1 aromatic rings. The van der Waals surface area contributed by atoms with Gasteiger partial charge in [0.25, 0.3) is 0 Å². The van der Waals surface area contributed by atoms with Gasteiger partial charge in [-0.05, 0) is 5.56 Å². The van der Waals surface area contributed by atoms with Crippen LogP contribution in [0, 0.1) is 0 Å². The molecule has 2 atom stereocenters. The Hall–Kier alpha value is -3.42. The van der Waals surface area contributed by atoms with Crippen LogP contribution in [0.4, 0.5) is 5.69 Å². The van der Waals surface area contributed by atoms with Gasteiger partial charge in [0, 0.05) is 18.7 Å². The summed E-state index contributed by atoms with van der Waals surface area (Å²) in [7, 11) is 0. The van der Waals surface area contributed by atoms with Crippen molar-refractivity contribution in [2.24, 2.45) is 17.2 Å². The number of carboxylic acid groups (broad SMARTS) is 4. The number of hydrogen-bond donors (Lipinski definition) is 9. The number of nitrogens with two attached hydrogens (primary N) is 3. The number of nitrogens with zero attached hydrogens (tertiary/aromatic N) is 2. The maximum atomic E-state index is 11.7. The first-order valence-corrected chi connectivity index (χ1v) is 12.0. The van der Waals surface area contributed by atoms with Gasteiger partial charge in [0.1, 0.15) is 13.1 Å². The third-order valence-corrected chi connectivity index (χ3v) is 5.51. The molecule has 226 valence electrons. The topological polar surface area (TPSA) is 293 Å². The molecule has 0 spiro atoms. The van der Waals surface area contributed by atoms with Crippen molar-refractivity contribution in [2.45, 2.75) is 17.9 Å². The molecule has 0 aliphatic rings. The minimum atomic E-state index is -3.14. The van der Waals surface area contributed by atoms with Crippen LogP contribution < -0.4 is 22.1 Å². The Morgan fingerprint density at radius 2 is 1.27 bits per heavy atom. The Labute approximate surface area is 229 Å². The van der Waals surface area contributed by atoms with E-state index in [9.17, 15) is 49.8 Å². The van der Waals surface area contributed by atoms with E-state index in [-0.39, 0.29) is 44.2 Å². The van der Waals surface area contributed by atoms with Gasteiger partial charge in [0.05, 0.1) is 57.3 Å². The number of hydrogen-bond acceptors (Lipinski definition) is 13. The quantitative estimate of drug-likeness (QED) is 0.0509. The van der Waals surface area contributed by atoms with Gasteiger partial charge in [-0.1, -0.05) is 18.2 Å². The molecule has 40 heavy (non-hydrogen) atoms. The highest BCUT2D eigenvalue weighted by molar-refractivity contribution is 5.81. The molecule has 0 saturated carbocycles. The highest BCUT2D eigenvalue weighted by Gasteiger charge is 2.45. The third kappa shape index (κ3) is 10.6. The van der Waals surface area contributed by atoms with Crippen LogP contribution in [0.3, 0.4) is 0 Å². The molecule has 17 nitrogen and oxygen atoms in total. The van der Waals surface area contributed by atoms with Crippen LogP contribution in [-0.4, -0.2) is 131 Å². The summed E-state index contributed by atoms with van der Waals surface area (Å²) in [4.78, 5) is 48.0. The predicted octanol–water partition coefficient (Wildman–Crippen LogP) is -3.41. The van der Waals surface area contributed by atoms with Crippen molar-refractivity contribution in [3.8, 4) is 0 Å². The van der Waals surface area contributed by atoms with Crippen molar-refractivity contribution >= 4 is 29.6 Å². The summed E-state index contributed by atoms with van der Waals surface area (Å²) < 4.78 is 10.7. The molecule has 0 fully saturated rings. The minimum Gasteiger partial charge on any atom is -0.480 e. The van der Waals surface area contributed by atoms with E-state index in [4.69, 9.17) is 26.7 Å². The molecule has 0 radical (unpaired) electrons.